The molecule has 1 aromatic carbocycles. The topological polar surface area (TPSA) is 66.0 Å². The molecule has 3 aromatic rings. The van der Waals surface area contributed by atoms with Crippen molar-refractivity contribution in [2.45, 2.75) is 13.5 Å². The fraction of sp³-hybridized carbons (Fsp3) is 0.214. The summed E-state index contributed by atoms with van der Waals surface area (Å²) in [6, 6.07) is 5.19. The average Bonchev–Trinajstić information content (AvgIpc) is 3.13. The Labute approximate surface area is 136 Å². The first kappa shape index (κ1) is 14.9. The number of nitrogens with zero attached hydrogens (tertiary/aromatic N) is 4. The Kier molecular flexibility index (Phi) is 4.04. The zero-order chi connectivity index (χ0) is 15.7. The van der Waals surface area contributed by atoms with Crippen LogP contribution in [0.3, 0.4) is 0 Å². The van der Waals surface area contributed by atoms with Gasteiger partial charge in [0.25, 0.3) is 5.89 Å². The number of hydrogen-bond donors (Lipinski definition) is 0. The second kappa shape index (κ2) is 5.98. The molecule has 0 bridgehead atoms. The van der Waals surface area contributed by atoms with Crippen LogP contribution in [0, 0.1) is 0 Å². The molecule has 2 aromatic heterocycles. The number of benzene rings is 1. The van der Waals surface area contributed by atoms with Crippen LogP contribution >= 0.6 is 23.2 Å². The Morgan fingerprint density at radius 2 is 2.14 bits per heavy atom. The van der Waals surface area contributed by atoms with Gasteiger partial charge in [0.2, 0.25) is 5.82 Å². The summed E-state index contributed by atoms with van der Waals surface area (Å²) in [7, 11) is 1.57. The molecule has 0 aliphatic heterocycles. The van der Waals surface area contributed by atoms with Crippen molar-refractivity contribution >= 4 is 23.2 Å². The second-order valence-electron chi connectivity index (χ2n) is 4.42. The maximum Gasteiger partial charge on any atom is 0.278 e. The molecular formula is C14H12Cl2N4O2. The highest BCUT2D eigenvalue weighted by molar-refractivity contribution is 6.32. The summed E-state index contributed by atoms with van der Waals surface area (Å²) in [5, 5.41) is 9.14. The van der Waals surface area contributed by atoms with Gasteiger partial charge in [-0.15, -0.1) is 0 Å². The zero-order valence-electron chi connectivity index (χ0n) is 11.9. The standard InChI is InChI=1S/C14H12Cl2N4O2/c1-3-20-12(10(16)7-17-20)14-18-13(19-22-14)9-6-8(15)4-5-11(9)21-2/h4-7H,3H2,1-2H3. The number of methoxy groups -OCH3 is 1. The summed E-state index contributed by atoms with van der Waals surface area (Å²) in [4.78, 5) is 4.38. The fourth-order valence-electron chi connectivity index (χ4n) is 2.10. The lowest BCUT2D eigenvalue weighted by molar-refractivity contribution is 0.413. The van der Waals surface area contributed by atoms with E-state index in [0.717, 1.165) is 0 Å². The van der Waals surface area contributed by atoms with Gasteiger partial charge >= 0.3 is 0 Å². The van der Waals surface area contributed by atoms with E-state index in [1.54, 1.807) is 36.2 Å². The fourth-order valence-corrected chi connectivity index (χ4v) is 2.49. The van der Waals surface area contributed by atoms with Gasteiger partial charge in [0.15, 0.2) is 0 Å². The molecule has 0 aliphatic rings. The van der Waals surface area contributed by atoms with Gasteiger partial charge < -0.3 is 9.26 Å². The van der Waals surface area contributed by atoms with Crippen molar-refractivity contribution in [1.82, 2.24) is 19.9 Å². The maximum atomic E-state index is 6.14. The van der Waals surface area contributed by atoms with Crippen LogP contribution in [0.25, 0.3) is 23.0 Å². The molecule has 22 heavy (non-hydrogen) atoms. The molecule has 0 unspecified atom stereocenters. The van der Waals surface area contributed by atoms with Crippen LogP contribution in [0.5, 0.6) is 5.75 Å². The molecule has 6 nitrogen and oxygen atoms in total. The third kappa shape index (κ3) is 2.55. The molecule has 8 heteroatoms. The van der Waals surface area contributed by atoms with Gasteiger partial charge in [0.1, 0.15) is 11.4 Å². The normalized spacial score (nSPS) is 10.9. The molecule has 0 amide bonds. The van der Waals surface area contributed by atoms with E-state index in [-0.39, 0.29) is 0 Å². The minimum atomic E-state index is 0.293. The number of halogens is 2. The lowest BCUT2D eigenvalue weighted by atomic mass is 10.2. The summed E-state index contributed by atoms with van der Waals surface area (Å²) >= 11 is 12.2. The van der Waals surface area contributed by atoms with Crippen molar-refractivity contribution in [2.75, 3.05) is 7.11 Å². The third-order valence-corrected chi connectivity index (χ3v) is 3.64. The van der Waals surface area contributed by atoms with Gasteiger partial charge in [-0.3, -0.25) is 4.68 Å². The van der Waals surface area contributed by atoms with Crippen molar-refractivity contribution in [2.24, 2.45) is 0 Å². The Balaban J connectivity index is 2.08. The van der Waals surface area contributed by atoms with E-state index in [9.17, 15) is 0 Å². The number of hydrogen-bond acceptors (Lipinski definition) is 5. The van der Waals surface area contributed by atoms with Crippen LogP contribution in [0.1, 0.15) is 6.92 Å². The van der Waals surface area contributed by atoms with Crippen molar-refractivity contribution in [1.29, 1.82) is 0 Å². The smallest absolute Gasteiger partial charge is 0.278 e. The SMILES string of the molecule is CCn1ncc(Cl)c1-c1nc(-c2cc(Cl)ccc2OC)no1. The van der Waals surface area contributed by atoms with E-state index in [4.69, 9.17) is 32.5 Å². The Morgan fingerprint density at radius 3 is 2.86 bits per heavy atom. The van der Waals surface area contributed by atoms with E-state index >= 15 is 0 Å². The molecule has 0 N–H and O–H groups in total. The minimum absolute atomic E-state index is 0.293. The van der Waals surface area contributed by atoms with E-state index < -0.39 is 0 Å². The van der Waals surface area contributed by atoms with E-state index in [0.29, 0.717) is 45.3 Å². The zero-order valence-corrected chi connectivity index (χ0v) is 13.4. The summed E-state index contributed by atoms with van der Waals surface area (Å²) in [6.07, 6.45) is 1.55. The summed E-state index contributed by atoms with van der Waals surface area (Å²) < 4.78 is 12.3. The molecule has 3 rings (SSSR count). The monoisotopic (exact) mass is 338 g/mol. The van der Waals surface area contributed by atoms with Crippen LogP contribution < -0.4 is 4.74 Å². The van der Waals surface area contributed by atoms with E-state index in [1.807, 2.05) is 6.92 Å². The number of aromatic nitrogens is 4. The first-order valence-electron chi connectivity index (χ1n) is 6.53. The first-order chi connectivity index (χ1) is 10.6. The molecule has 2 heterocycles. The average molecular weight is 339 g/mol. The van der Waals surface area contributed by atoms with E-state index in [1.165, 1.54) is 0 Å². The quantitative estimate of drug-likeness (QED) is 0.720. The molecule has 0 spiro atoms. The molecule has 0 saturated heterocycles. The van der Waals surface area contributed by atoms with Gasteiger partial charge in [0, 0.05) is 11.6 Å². The van der Waals surface area contributed by atoms with Gasteiger partial charge in [-0.1, -0.05) is 28.4 Å². The van der Waals surface area contributed by atoms with Gasteiger partial charge in [0.05, 0.1) is 23.9 Å². The third-order valence-electron chi connectivity index (χ3n) is 3.13. The maximum absolute atomic E-state index is 6.14. The second-order valence-corrected chi connectivity index (χ2v) is 5.27. The van der Waals surface area contributed by atoms with E-state index in [2.05, 4.69) is 15.2 Å². The van der Waals surface area contributed by atoms with Gasteiger partial charge in [-0.25, -0.2) is 0 Å². The Bertz CT molecular complexity index is 813. The molecule has 0 atom stereocenters. The highest BCUT2D eigenvalue weighted by Gasteiger charge is 2.20. The van der Waals surface area contributed by atoms with Gasteiger partial charge in [-0.05, 0) is 25.1 Å². The highest BCUT2D eigenvalue weighted by Crippen LogP contribution is 2.33. The molecule has 114 valence electrons. The predicted octanol–water partition coefficient (Wildman–Crippen LogP) is 3.94. The molecular weight excluding hydrogens is 327 g/mol. The largest absolute Gasteiger partial charge is 0.496 e. The Hall–Kier alpha value is -2.05. The lowest BCUT2D eigenvalue weighted by Gasteiger charge is -2.04. The van der Waals surface area contributed by atoms with Crippen LogP contribution in [0.4, 0.5) is 0 Å². The summed E-state index contributed by atoms with van der Waals surface area (Å²) in [5.41, 5.74) is 1.23. The minimum Gasteiger partial charge on any atom is -0.496 e. The predicted molar refractivity (Wildman–Crippen MR) is 83.2 cm³/mol. The van der Waals surface area contributed by atoms with Crippen molar-refractivity contribution in [3.63, 3.8) is 0 Å². The van der Waals surface area contributed by atoms with Crippen molar-refractivity contribution < 1.29 is 9.26 Å². The lowest BCUT2D eigenvalue weighted by Crippen LogP contribution is -1.99. The number of aryl methyl sites for hydroxylation is 1. The molecule has 0 aliphatic carbocycles. The van der Waals surface area contributed by atoms with Crippen molar-refractivity contribution in [3.8, 4) is 28.7 Å². The summed E-state index contributed by atoms with van der Waals surface area (Å²) in [6.45, 7) is 2.59. The van der Waals surface area contributed by atoms with Crippen LogP contribution in [-0.4, -0.2) is 27.0 Å². The van der Waals surface area contributed by atoms with Crippen LogP contribution in [0.15, 0.2) is 28.9 Å². The molecule has 0 fully saturated rings. The Morgan fingerprint density at radius 1 is 1.32 bits per heavy atom. The van der Waals surface area contributed by atoms with Crippen molar-refractivity contribution in [3.05, 3.63) is 34.4 Å². The van der Waals surface area contributed by atoms with Gasteiger partial charge in [-0.2, -0.15) is 10.1 Å². The highest BCUT2D eigenvalue weighted by atomic mass is 35.5. The summed E-state index contributed by atoms with van der Waals surface area (Å²) in [5.74, 6) is 1.27. The number of ether oxygens (including phenoxy) is 1. The number of rotatable bonds is 4. The molecule has 0 radical (unpaired) electrons. The molecule has 0 saturated carbocycles. The van der Waals surface area contributed by atoms with Crippen LogP contribution in [-0.2, 0) is 6.54 Å². The van der Waals surface area contributed by atoms with Crippen LogP contribution in [0.2, 0.25) is 10.0 Å². The first-order valence-corrected chi connectivity index (χ1v) is 7.29.